The van der Waals surface area contributed by atoms with Crippen molar-refractivity contribution in [3.8, 4) is 11.8 Å². The number of nitrogens with one attached hydrogen (secondary N) is 2. The SMILES string of the molecule is C=CC(=O)N1CCN(C2(C3CCCCCCC3)NC(OCC3CCCN3C)NC3C[C@]4(CCC32)Cc2cc(OC)ccc2CO4)CC1CC#N. The fraction of sp³-hybridized carbons (Fsp3) is 0.750. The van der Waals surface area contributed by atoms with Crippen molar-refractivity contribution >= 4 is 5.91 Å². The third-order valence-corrected chi connectivity index (χ3v) is 13.4. The Balaban J connectivity index is 1.24. The van der Waals surface area contributed by atoms with Crippen LogP contribution in [0.2, 0.25) is 0 Å². The van der Waals surface area contributed by atoms with Gasteiger partial charge in [-0.15, -0.1) is 0 Å². The fourth-order valence-corrected chi connectivity index (χ4v) is 10.7. The van der Waals surface area contributed by atoms with Gasteiger partial charge < -0.3 is 24.0 Å². The number of hydrogen-bond donors (Lipinski definition) is 2. The molecule has 4 aliphatic heterocycles. The highest BCUT2D eigenvalue weighted by Gasteiger charge is 2.60. The summed E-state index contributed by atoms with van der Waals surface area (Å²) in [5.41, 5.74) is 2.03. The maximum Gasteiger partial charge on any atom is 0.246 e. The molecule has 0 radical (unpaired) electrons. The number of benzene rings is 1. The molecule has 10 nitrogen and oxygen atoms in total. The maximum atomic E-state index is 13.0. The Morgan fingerprint density at radius 3 is 2.64 bits per heavy atom. The smallest absolute Gasteiger partial charge is 0.246 e. The molecule has 6 unspecified atom stereocenters. The number of piperazine rings is 1. The van der Waals surface area contributed by atoms with Gasteiger partial charge in [-0.05, 0) is 93.8 Å². The van der Waals surface area contributed by atoms with E-state index in [1.54, 1.807) is 7.11 Å². The lowest BCUT2D eigenvalue weighted by atomic mass is 9.62. The molecule has 1 spiro atoms. The number of rotatable bonds is 8. The second-order valence-corrected chi connectivity index (χ2v) is 16.1. The first-order valence-electron chi connectivity index (χ1n) is 19.6. The average Bonchev–Trinajstić information content (AvgIpc) is 3.53. The monoisotopic (exact) mass is 688 g/mol. The van der Waals surface area contributed by atoms with Crippen LogP contribution in [0.25, 0.3) is 0 Å². The number of likely N-dealkylation sites (N-methyl/N-ethyl adjacent to an activating group) is 1. The summed E-state index contributed by atoms with van der Waals surface area (Å²) in [6.07, 6.45) is 16.4. The first-order valence-corrected chi connectivity index (χ1v) is 19.6. The molecule has 10 heteroatoms. The lowest BCUT2D eigenvalue weighted by Gasteiger charge is -2.64. The topological polar surface area (TPSA) is 102 Å². The van der Waals surface area contributed by atoms with Crippen LogP contribution in [0.3, 0.4) is 0 Å². The van der Waals surface area contributed by atoms with Gasteiger partial charge in [-0.3, -0.25) is 20.3 Å². The molecule has 7 atom stereocenters. The van der Waals surface area contributed by atoms with Gasteiger partial charge in [0, 0.05) is 44.1 Å². The Hall–Kier alpha value is -2.52. The minimum Gasteiger partial charge on any atom is -0.497 e. The third kappa shape index (κ3) is 7.11. The van der Waals surface area contributed by atoms with Crippen molar-refractivity contribution in [1.82, 2.24) is 25.3 Å². The molecule has 2 aliphatic carbocycles. The highest BCUT2D eigenvalue weighted by molar-refractivity contribution is 5.87. The van der Waals surface area contributed by atoms with E-state index in [1.165, 1.54) is 68.6 Å². The standard InChI is InChI=1S/C40H60N6O4/c1-4-37(47)46-22-21-45(26-32(46)17-19-41)40(31-11-8-6-5-7-9-12-31)35-16-18-39(24-30-23-34(48-3)15-14-29(30)27-50-39)25-36(35)42-38(43-40)49-28-33-13-10-20-44(33)2/h4,14-15,23,31-33,35-36,38,42-43H,1,5-13,16-18,20-22,24-28H2,2-3H3/t32?,33?,35?,36?,38?,39-,40?/m0/s1. The van der Waals surface area contributed by atoms with Crippen LogP contribution >= 0.6 is 0 Å². The molecule has 2 N–H and O–H groups in total. The third-order valence-electron chi connectivity index (χ3n) is 13.4. The van der Waals surface area contributed by atoms with E-state index < -0.39 is 0 Å². The predicted molar refractivity (Wildman–Crippen MR) is 193 cm³/mol. The fourth-order valence-electron chi connectivity index (χ4n) is 10.7. The Kier molecular flexibility index (Phi) is 11.2. The number of ether oxygens (including phenoxy) is 3. The largest absolute Gasteiger partial charge is 0.497 e. The van der Waals surface area contributed by atoms with Crippen molar-refractivity contribution in [3.05, 3.63) is 42.0 Å². The van der Waals surface area contributed by atoms with Gasteiger partial charge in [-0.25, -0.2) is 0 Å². The normalized spacial score (nSPS) is 35.8. The number of fused-ring (bicyclic) bond motifs is 2. The number of amides is 1. The molecule has 1 aromatic rings. The second kappa shape index (κ2) is 15.6. The number of carbonyl (C=O) groups excluding carboxylic acids is 1. The number of methoxy groups -OCH3 is 1. The van der Waals surface area contributed by atoms with E-state index in [1.807, 2.05) is 11.0 Å². The van der Waals surface area contributed by atoms with Crippen molar-refractivity contribution in [2.24, 2.45) is 11.8 Å². The van der Waals surface area contributed by atoms with Crippen molar-refractivity contribution in [3.63, 3.8) is 0 Å². The molecule has 1 amide bonds. The molecular formula is C40H60N6O4. The van der Waals surface area contributed by atoms with E-state index in [0.29, 0.717) is 50.6 Å². The highest BCUT2D eigenvalue weighted by atomic mass is 16.5. The molecule has 6 aliphatic rings. The van der Waals surface area contributed by atoms with Crippen molar-refractivity contribution in [2.45, 2.75) is 132 Å². The summed E-state index contributed by atoms with van der Waals surface area (Å²) in [7, 11) is 3.96. The molecule has 7 rings (SSSR count). The quantitative estimate of drug-likeness (QED) is 0.368. The van der Waals surface area contributed by atoms with Crippen LogP contribution in [0.15, 0.2) is 30.9 Å². The van der Waals surface area contributed by atoms with E-state index in [0.717, 1.165) is 50.9 Å². The Morgan fingerprint density at radius 2 is 1.90 bits per heavy atom. The van der Waals surface area contributed by atoms with E-state index in [-0.39, 0.29) is 35.6 Å². The van der Waals surface area contributed by atoms with Gasteiger partial charge >= 0.3 is 0 Å². The first kappa shape index (κ1) is 35.9. The lowest BCUT2D eigenvalue weighted by molar-refractivity contribution is -0.201. The zero-order valence-electron chi connectivity index (χ0n) is 30.5. The number of nitrogens with zero attached hydrogens (tertiary/aromatic N) is 4. The summed E-state index contributed by atoms with van der Waals surface area (Å²) < 4.78 is 19.4. The molecule has 0 aromatic heterocycles. The molecule has 5 fully saturated rings. The summed E-state index contributed by atoms with van der Waals surface area (Å²) >= 11 is 0. The number of carbonyl (C=O) groups is 1. The average molecular weight is 689 g/mol. The summed E-state index contributed by atoms with van der Waals surface area (Å²) in [5.74, 6) is 1.60. The van der Waals surface area contributed by atoms with Gasteiger partial charge in [0.15, 0.2) is 6.35 Å². The van der Waals surface area contributed by atoms with Gasteiger partial charge in [0.25, 0.3) is 0 Å². The molecular weight excluding hydrogens is 628 g/mol. The summed E-state index contributed by atoms with van der Waals surface area (Å²) in [4.78, 5) is 20.0. The maximum absolute atomic E-state index is 13.0. The van der Waals surface area contributed by atoms with Crippen LogP contribution in [0.1, 0.15) is 94.6 Å². The Morgan fingerprint density at radius 1 is 1.08 bits per heavy atom. The molecule has 274 valence electrons. The molecule has 1 aromatic carbocycles. The van der Waals surface area contributed by atoms with E-state index >= 15 is 0 Å². The Labute approximate surface area is 299 Å². The molecule has 0 bridgehead atoms. The first-order chi connectivity index (χ1) is 24.4. The molecule has 50 heavy (non-hydrogen) atoms. The number of likely N-dealkylation sites (tertiary alicyclic amines) is 1. The summed E-state index contributed by atoms with van der Waals surface area (Å²) in [6.45, 7) is 8.26. The van der Waals surface area contributed by atoms with Crippen LogP contribution in [0.5, 0.6) is 5.75 Å². The number of hydrogen-bond acceptors (Lipinski definition) is 9. The zero-order valence-corrected chi connectivity index (χ0v) is 30.5. The van der Waals surface area contributed by atoms with Gasteiger partial charge in [-0.2, -0.15) is 5.26 Å². The molecule has 2 saturated carbocycles. The van der Waals surface area contributed by atoms with Crippen LogP contribution in [-0.2, 0) is 27.3 Å². The number of nitriles is 1. The van der Waals surface area contributed by atoms with E-state index in [4.69, 9.17) is 14.2 Å². The van der Waals surface area contributed by atoms with E-state index in [2.05, 4.69) is 52.3 Å². The van der Waals surface area contributed by atoms with Crippen molar-refractivity contribution in [1.29, 1.82) is 5.26 Å². The van der Waals surface area contributed by atoms with Crippen LogP contribution in [0, 0.1) is 23.2 Å². The molecule has 4 heterocycles. The zero-order chi connectivity index (χ0) is 34.7. The van der Waals surface area contributed by atoms with Crippen molar-refractivity contribution < 1.29 is 19.0 Å². The summed E-state index contributed by atoms with van der Waals surface area (Å²) in [5, 5.41) is 18.2. The van der Waals surface area contributed by atoms with E-state index in [9.17, 15) is 10.1 Å². The van der Waals surface area contributed by atoms with Crippen LogP contribution < -0.4 is 15.4 Å². The Bertz CT molecular complexity index is 1390. The second-order valence-electron chi connectivity index (χ2n) is 16.1. The predicted octanol–water partition coefficient (Wildman–Crippen LogP) is 4.93. The minimum absolute atomic E-state index is 0.0751. The van der Waals surface area contributed by atoms with Gasteiger partial charge in [0.1, 0.15) is 5.75 Å². The van der Waals surface area contributed by atoms with Crippen molar-refractivity contribution in [2.75, 3.05) is 46.9 Å². The van der Waals surface area contributed by atoms with Crippen LogP contribution in [0.4, 0.5) is 0 Å². The van der Waals surface area contributed by atoms with Crippen LogP contribution in [-0.4, -0.2) is 103 Å². The summed E-state index contributed by atoms with van der Waals surface area (Å²) in [6, 6.07) is 9.27. The van der Waals surface area contributed by atoms with Gasteiger partial charge in [0.05, 0.1) is 50.1 Å². The lowest BCUT2D eigenvalue weighted by Crippen LogP contribution is -2.82. The molecule has 3 saturated heterocycles. The highest BCUT2D eigenvalue weighted by Crippen LogP contribution is 2.51. The minimum atomic E-state index is -0.325. The van der Waals surface area contributed by atoms with Gasteiger partial charge in [0.2, 0.25) is 5.91 Å². The van der Waals surface area contributed by atoms with Gasteiger partial charge in [-0.1, -0.05) is 44.7 Å².